The molecule has 0 aliphatic carbocycles. The zero-order valence-electron chi connectivity index (χ0n) is 11.0. The van der Waals surface area contributed by atoms with Crippen LogP contribution in [0.1, 0.15) is 28.5 Å². The average molecular weight is 277 g/mol. The molecule has 0 saturated carbocycles. The van der Waals surface area contributed by atoms with Crippen LogP contribution < -0.4 is 4.74 Å². The van der Waals surface area contributed by atoms with Crippen molar-refractivity contribution in [3.63, 3.8) is 0 Å². The summed E-state index contributed by atoms with van der Waals surface area (Å²) in [6.45, 7) is 5.72. The van der Waals surface area contributed by atoms with Gasteiger partial charge in [0, 0.05) is 5.56 Å². The molecular formula is C14H15NO3S. The second-order valence-corrected chi connectivity index (χ2v) is 5.61. The third-order valence-electron chi connectivity index (χ3n) is 2.43. The highest BCUT2D eigenvalue weighted by molar-refractivity contribution is 7.14. The van der Waals surface area contributed by atoms with Crippen LogP contribution in [0.15, 0.2) is 24.3 Å². The van der Waals surface area contributed by atoms with Gasteiger partial charge in [-0.15, -0.1) is 11.3 Å². The van der Waals surface area contributed by atoms with E-state index in [4.69, 9.17) is 9.84 Å². The van der Waals surface area contributed by atoms with Crippen molar-refractivity contribution in [1.82, 2.24) is 4.98 Å². The maximum absolute atomic E-state index is 11.2. The van der Waals surface area contributed by atoms with E-state index >= 15 is 0 Å². The normalized spacial score (nSPS) is 10.7. The van der Waals surface area contributed by atoms with Gasteiger partial charge in [-0.2, -0.15) is 0 Å². The molecular weight excluding hydrogens is 262 g/mol. The highest BCUT2D eigenvalue weighted by Crippen LogP contribution is 2.29. The van der Waals surface area contributed by atoms with Gasteiger partial charge in [-0.1, -0.05) is 0 Å². The van der Waals surface area contributed by atoms with Crippen LogP contribution in [0.2, 0.25) is 0 Å². The average Bonchev–Trinajstić information content (AvgIpc) is 2.72. The summed E-state index contributed by atoms with van der Waals surface area (Å²) >= 11 is 1.19. The van der Waals surface area contributed by atoms with Gasteiger partial charge in [-0.05, 0) is 45.0 Å². The minimum absolute atomic E-state index is 0.113. The summed E-state index contributed by atoms with van der Waals surface area (Å²) in [4.78, 5) is 15.7. The molecule has 2 aromatic rings. The summed E-state index contributed by atoms with van der Waals surface area (Å²) in [5.74, 6) is -0.175. The summed E-state index contributed by atoms with van der Waals surface area (Å²) < 4.78 is 5.55. The molecule has 1 aromatic carbocycles. The number of aromatic nitrogens is 1. The number of aromatic carboxylic acids is 1. The van der Waals surface area contributed by atoms with E-state index in [1.165, 1.54) is 11.3 Å². The Labute approximate surface area is 115 Å². The topological polar surface area (TPSA) is 59.4 Å². The minimum atomic E-state index is -0.942. The van der Waals surface area contributed by atoms with Crippen LogP contribution in [-0.4, -0.2) is 22.2 Å². The monoisotopic (exact) mass is 277 g/mol. The van der Waals surface area contributed by atoms with Crippen molar-refractivity contribution in [1.29, 1.82) is 0 Å². The molecule has 2 rings (SSSR count). The Morgan fingerprint density at radius 3 is 2.47 bits per heavy atom. The van der Waals surface area contributed by atoms with Crippen molar-refractivity contribution >= 4 is 17.3 Å². The molecule has 0 spiro atoms. The number of rotatable bonds is 4. The lowest BCUT2D eigenvalue weighted by atomic mass is 10.1. The smallest absolute Gasteiger partial charge is 0.348 e. The lowest BCUT2D eigenvalue weighted by Crippen LogP contribution is -2.05. The summed E-state index contributed by atoms with van der Waals surface area (Å²) in [7, 11) is 0. The highest BCUT2D eigenvalue weighted by Gasteiger charge is 2.17. The van der Waals surface area contributed by atoms with E-state index in [9.17, 15) is 4.79 Å². The first-order valence-corrected chi connectivity index (χ1v) is 6.77. The number of carboxylic acids is 1. The summed E-state index contributed by atoms with van der Waals surface area (Å²) in [5.41, 5.74) is 1.31. The van der Waals surface area contributed by atoms with Gasteiger partial charge in [0.1, 0.15) is 10.6 Å². The minimum Gasteiger partial charge on any atom is -0.491 e. The van der Waals surface area contributed by atoms with Crippen molar-refractivity contribution in [3.8, 4) is 17.0 Å². The first kappa shape index (κ1) is 13.5. The first-order valence-electron chi connectivity index (χ1n) is 5.95. The molecule has 0 aliphatic heterocycles. The van der Waals surface area contributed by atoms with E-state index in [1.807, 2.05) is 38.1 Å². The Hall–Kier alpha value is -1.88. The molecule has 0 aliphatic rings. The van der Waals surface area contributed by atoms with Crippen molar-refractivity contribution in [2.75, 3.05) is 0 Å². The second-order valence-electron chi connectivity index (χ2n) is 4.41. The van der Waals surface area contributed by atoms with Crippen molar-refractivity contribution < 1.29 is 14.6 Å². The van der Waals surface area contributed by atoms with Crippen molar-refractivity contribution in [2.45, 2.75) is 26.9 Å². The summed E-state index contributed by atoms with van der Waals surface area (Å²) in [6, 6.07) is 7.32. The van der Waals surface area contributed by atoms with E-state index in [-0.39, 0.29) is 11.0 Å². The quantitative estimate of drug-likeness (QED) is 0.927. The molecule has 0 fully saturated rings. The zero-order valence-corrected chi connectivity index (χ0v) is 11.8. The standard InChI is InChI=1S/C14H15NO3S/c1-8(2)18-11-6-4-10(5-7-11)12-13(14(16)17)19-9(3)15-12/h4-8H,1-3H3,(H,16,17). The van der Waals surface area contributed by atoms with E-state index in [0.717, 1.165) is 16.3 Å². The number of hydrogen-bond acceptors (Lipinski definition) is 4. The molecule has 1 aromatic heterocycles. The Kier molecular flexibility index (Phi) is 3.85. The molecule has 4 nitrogen and oxygen atoms in total. The Bertz CT molecular complexity index is 587. The second kappa shape index (κ2) is 5.40. The van der Waals surface area contributed by atoms with Gasteiger partial charge >= 0.3 is 5.97 Å². The molecule has 0 saturated heterocycles. The number of ether oxygens (including phenoxy) is 1. The van der Waals surface area contributed by atoms with Crippen LogP contribution in [0, 0.1) is 6.92 Å². The number of thiazole rings is 1. The van der Waals surface area contributed by atoms with Gasteiger partial charge in [0.25, 0.3) is 0 Å². The van der Waals surface area contributed by atoms with E-state index < -0.39 is 5.97 Å². The molecule has 5 heteroatoms. The number of carbonyl (C=O) groups is 1. The van der Waals surface area contributed by atoms with Gasteiger partial charge < -0.3 is 9.84 Å². The van der Waals surface area contributed by atoms with E-state index in [0.29, 0.717) is 5.69 Å². The summed E-state index contributed by atoms with van der Waals surface area (Å²) in [6.07, 6.45) is 0.113. The zero-order chi connectivity index (χ0) is 14.0. The molecule has 1 N–H and O–H groups in total. The van der Waals surface area contributed by atoms with Crippen LogP contribution in [-0.2, 0) is 0 Å². The number of hydrogen-bond donors (Lipinski definition) is 1. The maximum atomic E-state index is 11.2. The van der Waals surface area contributed by atoms with Crippen molar-refractivity contribution in [3.05, 3.63) is 34.2 Å². The van der Waals surface area contributed by atoms with Gasteiger partial charge in [-0.25, -0.2) is 9.78 Å². The molecule has 1 heterocycles. The fourth-order valence-corrected chi connectivity index (χ4v) is 2.51. The predicted molar refractivity (Wildman–Crippen MR) is 75.0 cm³/mol. The molecule has 0 radical (unpaired) electrons. The molecule has 0 unspecified atom stereocenters. The van der Waals surface area contributed by atoms with Crippen LogP contribution in [0.5, 0.6) is 5.75 Å². The summed E-state index contributed by atoms with van der Waals surface area (Å²) in [5, 5.41) is 9.90. The highest BCUT2D eigenvalue weighted by atomic mass is 32.1. The van der Waals surface area contributed by atoms with Crippen LogP contribution in [0.4, 0.5) is 0 Å². The molecule has 0 amide bonds. The Balaban J connectivity index is 2.34. The van der Waals surface area contributed by atoms with Crippen LogP contribution in [0.25, 0.3) is 11.3 Å². The number of aryl methyl sites for hydroxylation is 1. The molecule has 0 atom stereocenters. The fraction of sp³-hybridized carbons (Fsp3) is 0.286. The molecule has 100 valence electrons. The molecule has 0 bridgehead atoms. The molecule has 19 heavy (non-hydrogen) atoms. The van der Waals surface area contributed by atoms with Gasteiger partial charge in [-0.3, -0.25) is 0 Å². The third kappa shape index (κ3) is 3.12. The number of carboxylic acid groups (broad SMARTS) is 1. The Morgan fingerprint density at radius 1 is 1.32 bits per heavy atom. The first-order chi connectivity index (χ1) is 8.97. The van der Waals surface area contributed by atoms with E-state index in [2.05, 4.69) is 4.98 Å². The maximum Gasteiger partial charge on any atom is 0.348 e. The van der Waals surface area contributed by atoms with Crippen LogP contribution in [0.3, 0.4) is 0 Å². The largest absolute Gasteiger partial charge is 0.491 e. The lowest BCUT2D eigenvalue weighted by Gasteiger charge is -2.09. The lowest BCUT2D eigenvalue weighted by molar-refractivity contribution is 0.0702. The van der Waals surface area contributed by atoms with Gasteiger partial charge in [0.05, 0.1) is 16.8 Å². The fourth-order valence-electron chi connectivity index (χ4n) is 1.73. The SMILES string of the molecule is Cc1nc(-c2ccc(OC(C)C)cc2)c(C(=O)O)s1. The van der Waals surface area contributed by atoms with Gasteiger partial charge in [0.2, 0.25) is 0 Å². The predicted octanol–water partition coefficient (Wildman–Crippen LogP) is 3.60. The third-order valence-corrected chi connectivity index (χ3v) is 3.39. The van der Waals surface area contributed by atoms with Gasteiger partial charge in [0.15, 0.2) is 0 Å². The number of nitrogens with zero attached hydrogens (tertiary/aromatic N) is 1. The van der Waals surface area contributed by atoms with Crippen molar-refractivity contribution in [2.24, 2.45) is 0 Å². The van der Waals surface area contributed by atoms with Crippen LogP contribution >= 0.6 is 11.3 Å². The Morgan fingerprint density at radius 2 is 1.95 bits per heavy atom. The number of benzene rings is 1. The van der Waals surface area contributed by atoms with E-state index in [1.54, 1.807) is 6.92 Å².